The average molecular weight is 394 g/mol. The Kier molecular flexibility index (Phi) is 4.71. The zero-order chi connectivity index (χ0) is 19.7. The molecule has 0 aliphatic carbocycles. The van der Waals surface area contributed by atoms with E-state index in [0.29, 0.717) is 34.5 Å². The predicted molar refractivity (Wildman–Crippen MR) is 107 cm³/mol. The molecule has 0 saturated heterocycles. The van der Waals surface area contributed by atoms with Crippen molar-refractivity contribution in [2.45, 2.75) is 13.5 Å². The van der Waals surface area contributed by atoms with Crippen molar-refractivity contribution in [2.75, 3.05) is 0 Å². The van der Waals surface area contributed by atoms with Gasteiger partial charge in [-0.2, -0.15) is 4.99 Å². The molecule has 2 aliphatic heterocycles. The number of allylic oxidation sites excluding steroid dienone is 1. The van der Waals surface area contributed by atoms with Gasteiger partial charge in [-0.15, -0.1) is 5.06 Å². The van der Waals surface area contributed by atoms with E-state index in [0.717, 1.165) is 5.56 Å². The van der Waals surface area contributed by atoms with Crippen LogP contribution in [0.5, 0.6) is 5.75 Å². The summed E-state index contributed by atoms with van der Waals surface area (Å²) in [6, 6.07) is 15.0. The second-order valence-electron chi connectivity index (χ2n) is 6.29. The number of nitrogens with one attached hydrogen (secondary N) is 1. The van der Waals surface area contributed by atoms with E-state index in [9.17, 15) is 4.79 Å². The van der Waals surface area contributed by atoms with E-state index in [4.69, 9.17) is 26.6 Å². The lowest BCUT2D eigenvalue weighted by Gasteiger charge is -2.23. The van der Waals surface area contributed by atoms with Crippen molar-refractivity contribution in [3.05, 3.63) is 82.1 Å². The van der Waals surface area contributed by atoms with E-state index in [1.165, 1.54) is 5.06 Å². The molecule has 0 aromatic heterocycles. The fraction of sp³-hybridized carbons (Fsp3) is 0.0952. The van der Waals surface area contributed by atoms with Gasteiger partial charge < -0.3 is 9.57 Å². The Hall–Kier alpha value is -3.38. The largest absolute Gasteiger partial charge is 0.487 e. The van der Waals surface area contributed by atoms with E-state index in [1.54, 1.807) is 37.3 Å². The van der Waals surface area contributed by atoms with Crippen molar-refractivity contribution in [1.29, 1.82) is 5.41 Å². The molecule has 0 unspecified atom stereocenters. The van der Waals surface area contributed by atoms with Crippen LogP contribution in [0, 0.1) is 5.41 Å². The summed E-state index contributed by atoms with van der Waals surface area (Å²) in [5.74, 6) is 0.864. The predicted octanol–water partition coefficient (Wildman–Crippen LogP) is 4.37. The Labute approximate surface area is 166 Å². The summed E-state index contributed by atoms with van der Waals surface area (Å²) in [5, 5.41) is 9.88. The molecule has 2 aromatic carbocycles. The van der Waals surface area contributed by atoms with E-state index >= 15 is 0 Å². The number of nitrogens with zero attached hydrogens (tertiary/aromatic N) is 2. The number of carbonyl (C=O) groups is 1. The van der Waals surface area contributed by atoms with Gasteiger partial charge in [0.15, 0.2) is 11.7 Å². The van der Waals surface area contributed by atoms with Crippen LogP contribution >= 0.6 is 11.6 Å². The molecule has 2 heterocycles. The van der Waals surface area contributed by atoms with Gasteiger partial charge in [-0.05, 0) is 36.3 Å². The third-order valence-corrected chi connectivity index (χ3v) is 4.48. The number of halogens is 1. The van der Waals surface area contributed by atoms with Gasteiger partial charge in [0.25, 0.3) is 5.91 Å². The van der Waals surface area contributed by atoms with Crippen molar-refractivity contribution in [1.82, 2.24) is 5.06 Å². The molecule has 0 atom stereocenters. The molecular formula is C21H16ClN3O3. The van der Waals surface area contributed by atoms with Crippen LogP contribution in [0.1, 0.15) is 18.1 Å². The highest BCUT2D eigenvalue weighted by Crippen LogP contribution is 2.29. The Morgan fingerprint density at radius 3 is 2.79 bits per heavy atom. The number of amides is 1. The Balaban J connectivity index is 1.53. The minimum atomic E-state index is -0.494. The second-order valence-corrected chi connectivity index (χ2v) is 6.69. The number of rotatable bonds is 4. The molecule has 0 saturated carbocycles. The maximum absolute atomic E-state index is 12.3. The zero-order valence-electron chi connectivity index (χ0n) is 15.0. The smallest absolute Gasteiger partial charge is 0.282 e. The number of benzene rings is 2. The molecule has 140 valence electrons. The highest BCUT2D eigenvalue weighted by molar-refractivity contribution is 6.33. The number of amidine groups is 2. The van der Waals surface area contributed by atoms with Crippen LogP contribution in [0.2, 0.25) is 5.02 Å². The molecule has 1 amide bonds. The summed E-state index contributed by atoms with van der Waals surface area (Å²) in [5.41, 5.74) is 1.82. The summed E-state index contributed by atoms with van der Waals surface area (Å²) in [7, 11) is 0. The normalized spacial score (nSPS) is 17.2. The molecule has 2 aliphatic rings. The summed E-state index contributed by atoms with van der Waals surface area (Å²) in [6.45, 7) is 2.14. The van der Waals surface area contributed by atoms with Crippen LogP contribution in [0.4, 0.5) is 0 Å². The molecule has 7 heteroatoms. The van der Waals surface area contributed by atoms with E-state index in [1.807, 2.05) is 30.3 Å². The van der Waals surface area contributed by atoms with Crippen LogP contribution < -0.4 is 4.74 Å². The third-order valence-electron chi connectivity index (χ3n) is 4.18. The summed E-state index contributed by atoms with van der Waals surface area (Å²) < 4.78 is 5.76. The van der Waals surface area contributed by atoms with Crippen molar-refractivity contribution in [2.24, 2.45) is 4.99 Å². The van der Waals surface area contributed by atoms with Gasteiger partial charge in [-0.1, -0.05) is 48.0 Å². The molecule has 4 rings (SSSR count). The molecule has 6 nitrogen and oxygen atoms in total. The molecule has 28 heavy (non-hydrogen) atoms. The molecule has 1 N–H and O–H groups in total. The first-order valence-electron chi connectivity index (χ1n) is 8.57. The molecule has 2 aromatic rings. The number of carbonyl (C=O) groups excluding carboxylic acids is 1. The van der Waals surface area contributed by atoms with Crippen LogP contribution in [-0.4, -0.2) is 22.6 Å². The van der Waals surface area contributed by atoms with E-state index < -0.39 is 5.91 Å². The average Bonchev–Trinajstić information content (AvgIpc) is 3.05. The lowest BCUT2D eigenvalue weighted by molar-refractivity contribution is -0.114. The van der Waals surface area contributed by atoms with Crippen molar-refractivity contribution in [3.63, 3.8) is 0 Å². The second kappa shape index (κ2) is 7.32. The Bertz CT molecular complexity index is 1060. The quantitative estimate of drug-likeness (QED) is 0.782. The molecule has 0 fully saturated rings. The van der Waals surface area contributed by atoms with E-state index in [2.05, 4.69) is 4.99 Å². The Morgan fingerprint density at radius 2 is 2.04 bits per heavy atom. The molecule has 0 radical (unpaired) electrons. The number of hydrogen-bond donors (Lipinski definition) is 1. The van der Waals surface area contributed by atoms with Crippen molar-refractivity contribution in [3.8, 4) is 5.75 Å². The van der Waals surface area contributed by atoms with Gasteiger partial charge in [0.2, 0.25) is 0 Å². The van der Waals surface area contributed by atoms with Crippen LogP contribution in [0.3, 0.4) is 0 Å². The lowest BCUT2D eigenvalue weighted by Crippen LogP contribution is -2.38. The van der Waals surface area contributed by atoms with Gasteiger partial charge in [-0.3, -0.25) is 10.2 Å². The molecule has 0 spiro atoms. The summed E-state index contributed by atoms with van der Waals surface area (Å²) in [4.78, 5) is 21.7. The number of hydrogen-bond acceptors (Lipinski definition) is 4. The summed E-state index contributed by atoms with van der Waals surface area (Å²) in [6.07, 6.45) is 3.17. The minimum absolute atomic E-state index is 0.0661. The monoisotopic (exact) mass is 393 g/mol. The first-order chi connectivity index (χ1) is 13.5. The maximum Gasteiger partial charge on any atom is 0.282 e. The molecule has 0 bridgehead atoms. The first kappa shape index (κ1) is 18.0. The highest BCUT2D eigenvalue weighted by atomic mass is 35.5. The number of aliphatic imine (C=N–C) groups is 1. The van der Waals surface area contributed by atoms with Crippen molar-refractivity contribution < 1.29 is 14.4 Å². The summed E-state index contributed by atoms with van der Waals surface area (Å²) >= 11 is 6.33. The SMILES string of the molecule is CC1=CC2=NC(=O)/C(=C/c3ccc(OCc4ccccc4)c(Cl)c3)C(=N)N2O1. The Morgan fingerprint density at radius 1 is 1.25 bits per heavy atom. The van der Waals surface area contributed by atoms with Crippen LogP contribution in [0.15, 0.2) is 70.9 Å². The number of hydroxylamine groups is 2. The number of fused-ring (bicyclic) bond motifs is 1. The third kappa shape index (κ3) is 3.54. The van der Waals surface area contributed by atoms with Gasteiger partial charge >= 0.3 is 0 Å². The topological polar surface area (TPSA) is 75.0 Å². The van der Waals surface area contributed by atoms with Gasteiger partial charge in [-0.25, -0.2) is 0 Å². The fourth-order valence-electron chi connectivity index (χ4n) is 2.83. The standard InChI is InChI=1S/C21H16ClN3O3/c1-13-9-19-24-21(26)16(20(23)25(19)28-13)10-15-7-8-18(17(22)11-15)27-12-14-5-3-2-4-6-14/h2-11,23H,12H2,1H3/b16-10+,23-20?. The minimum Gasteiger partial charge on any atom is -0.487 e. The van der Waals surface area contributed by atoms with Gasteiger partial charge in [0, 0.05) is 6.08 Å². The number of ether oxygens (including phenoxy) is 1. The lowest BCUT2D eigenvalue weighted by atomic mass is 10.1. The molecular weight excluding hydrogens is 378 g/mol. The van der Waals surface area contributed by atoms with Crippen molar-refractivity contribution >= 4 is 35.3 Å². The van der Waals surface area contributed by atoms with Crippen LogP contribution in [0.25, 0.3) is 6.08 Å². The zero-order valence-corrected chi connectivity index (χ0v) is 15.7. The highest BCUT2D eigenvalue weighted by Gasteiger charge is 2.34. The maximum atomic E-state index is 12.3. The first-order valence-corrected chi connectivity index (χ1v) is 8.95. The van der Waals surface area contributed by atoms with Crippen LogP contribution in [-0.2, 0) is 16.2 Å². The van der Waals surface area contributed by atoms with Gasteiger partial charge in [0.05, 0.1) is 10.6 Å². The fourth-order valence-corrected chi connectivity index (χ4v) is 3.07. The van der Waals surface area contributed by atoms with Gasteiger partial charge in [0.1, 0.15) is 18.1 Å². The van der Waals surface area contributed by atoms with E-state index in [-0.39, 0.29) is 11.4 Å².